The van der Waals surface area contributed by atoms with Crippen molar-refractivity contribution in [2.45, 2.75) is 19.4 Å². The van der Waals surface area contributed by atoms with Crippen LogP contribution in [0.1, 0.15) is 27.6 Å². The Morgan fingerprint density at radius 3 is 2.26 bits per heavy atom. The molecule has 4 rings (SSSR count). The Hall–Kier alpha value is -3.71. The molecule has 0 aliphatic carbocycles. The van der Waals surface area contributed by atoms with E-state index in [1.54, 1.807) is 54.6 Å². The van der Waals surface area contributed by atoms with Gasteiger partial charge in [0.15, 0.2) is 0 Å². The minimum Gasteiger partial charge on any atom is -0.507 e. The van der Waals surface area contributed by atoms with Gasteiger partial charge in [-0.25, -0.2) is 0 Å². The quantitative estimate of drug-likeness (QED) is 0.355. The second kappa shape index (κ2) is 8.20. The number of carboxylic acids is 1. The van der Waals surface area contributed by atoms with Gasteiger partial charge in [-0.05, 0) is 41.6 Å². The maximum atomic E-state index is 13.1. The van der Waals surface area contributed by atoms with Gasteiger partial charge in [0.25, 0.3) is 11.7 Å². The van der Waals surface area contributed by atoms with E-state index in [0.717, 1.165) is 10.4 Å². The number of hydrogen-bond donors (Lipinski definition) is 2. The van der Waals surface area contributed by atoms with Crippen LogP contribution in [-0.2, 0) is 20.8 Å². The number of nitrogens with zero attached hydrogens (tertiary/aromatic N) is 1. The summed E-state index contributed by atoms with van der Waals surface area (Å²) in [6.45, 7) is 1.89. The molecule has 1 amide bonds. The van der Waals surface area contributed by atoms with Crippen molar-refractivity contribution in [3.63, 3.8) is 0 Å². The van der Waals surface area contributed by atoms with Gasteiger partial charge >= 0.3 is 5.97 Å². The lowest BCUT2D eigenvalue weighted by atomic mass is 9.98. The zero-order valence-electron chi connectivity index (χ0n) is 16.6. The lowest BCUT2D eigenvalue weighted by molar-refractivity contribution is -0.136. The van der Waals surface area contributed by atoms with E-state index in [-0.39, 0.29) is 17.8 Å². The van der Waals surface area contributed by atoms with E-state index in [1.807, 2.05) is 18.4 Å². The van der Waals surface area contributed by atoms with Crippen molar-refractivity contribution in [3.8, 4) is 0 Å². The second-order valence-electron chi connectivity index (χ2n) is 7.24. The maximum absolute atomic E-state index is 13.1. The summed E-state index contributed by atoms with van der Waals surface area (Å²) in [5.41, 5.74) is 2.44. The number of carbonyl (C=O) groups excluding carboxylic acids is 2. The number of aryl methyl sites for hydroxylation is 1. The maximum Gasteiger partial charge on any atom is 0.307 e. The average Bonchev–Trinajstić information content (AvgIpc) is 3.29. The number of hydrogen-bond acceptors (Lipinski definition) is 5. The molecule has 0 bridgehead atoms. The summed E-state index contributed by atoms with van der Waals surface area (Å²) in [5, 5.41) is 21.9. The molecule has 0 saturated carbocycles. The molecule has 6 nitrogen and oxygen atoms in total. The van der Waals surface area contributed by atoms with E-state index in [2.05, 4.69) is 0 Å². The van der Waals surface area contributed by atoms with Crippen molar-refractivity contribution >= 4 is 40.4 Å². The lowest BCUT2D eigenvalue weighted by Crippen LogP contribution is -2.29. The normalized spacial score (nSPS) is 17.8. The van der Waals surface area contributed by atoms with Crippen LogP contribution in [0.2, 0.25) is 0 Å². The summed E-state index contributed by atoms with van der Waals surface area (Å²) >= 11 is 1.41. The van der Waals surface area contributed by atoms with Crippen LogP contribution in [0.15, 0.2) is 71.6 Å². The largest absolute Gasteiger partial charge is 0.507 e. The zero-order valence-corrected chi connectivity index (χ0v) is 17.4. The predicted molar refractivity (Wildman–Crippen MR) is 118 cm³/mol. The molecular weight excluding hydrogens is 414 g/mol. The number of anilines is 1. The molecule has 1 unspecified atom stereocenters. The van der Waals surface area contributed by atoms with Crippen LogP contribution in [0.3, 0.4) is 0 Å². The van der Waals surface area contributed by atoms with Crippen LogP contribution in [0.4, 0.5) is 5.69 Å². The standard InChI is InChI=1S/C24H19NO5S/c1-14-11-12-31-23(14)20-19(21(28)16-5-3-2-4-6-16)22(29)24(30)25(20)17-9-7-15(8-10-17)13-18(26)27/h2-12,20,28H,13H2,1H3,(H,26,27)/b21-19+. The third kappa shape index (κ3) is 3.75. The number of aliphatic hydroxyl groups is 1. The Labute approximate surface area is 182 Å². The molecule has 1 aliphatic rings. The third-order valence-electron chi connectivity index (χ3n) is 5.21. The summed E-state index contributed by atoms with van der Waals surface area (Å²) < 4.78 is 0. The third-order valence-corrected chi connectivity index (χ3v) is 6.28. The molecule has 2 aromatic carbocycles. The van der Waals surface area contributed by atoms with E-state index in [9.17, 15) is 19.5 Å². The van der Waals surface area contributed by atoms with E-state index >= 15 is 0 Å². The minimum atomic E-state index is -0.953. The molecule has 1 atom stereocenters. The summed E-state index contributed by atoms with van der Waals surface area (Å²) in [5.74, 6) is -2.66. The van der Waals surface area contributed by atoms with Crippen molar-refractivity contribution in [3.05, 3.63) is 93.2 Å². The van der Waals surface area contributed by atoms with Crippen LogP contribution in [0.5, 0.6) is 0 Å². The second-order valence-corrected chi connectivity index (χ2v) is 8.19. The van der Waals surface area contributed by atoms with Gasteiger partial charge in [-0.15, -0.1) is 11.3 Å². The highest BCUT2D eigenvalue weighted by atomic mass is 32.1. The molecule has 1 saturated heterocycles. The topological polar surface area (TPSA) is 94.9 Å². The van der Waals surface area contributed by atoms with Crippen LogP contribution >= 0.6 is 11.3 Å². The number of ketones is 1. The Kier molecular flexibility index (Phi) is 5.44. The molecule has 2 N–H and O–H groups in total. The summed E-state index contributed by atoms with van der Waals surface area (Å²) in [4.78, 5) is 39.2. The Morgan fingerprint density at radius 1 is 1.00 bits per heavy atom. The average molecular weight is 433 g/mol. The predicted octanol–water partition coefficient (Wildman–Crippen LogP) is 4.31. The first-order chi connectivity index (χ1) is 14.9. The van der Waals surface area contributed by atoms with Gasteiger partial charge < -0.3 is 10.2 Å². The Bertz CT molecular complexity index is 1190. The number of amides is 1. The summed E-state index contributed by atoms with van der Waals surface area (Å²) in [7, 11) is 0. The first-order valence-corrected chi connectivity index (χ1v) is 10.5. The van der Waals surface area contributed by atoms with Gasteiger partial charge in [0.1, 0.15) is 11.8 Å². The van der Waals surface area contributed by atoms with Gasteiger partial charge in [0.05, 0.1) is 12.0 Å². The van der Waals surface area contributed by atoms with Crippen LogP contribution in [0, 0.1) is 6.92 Å². The van der Waals surface area contributed by atoms with E-state index in [1.165, 1.54) is 16.2 Å². The van der Waals surface area contributed by atoms with Gasteiger partial charge in [-0.2, -0.15) is 0 Å². The van der Waals surface area contributed by atoms with Crippen LogP contribution < -0.4 is 4.90 Å². The highest BCUT2D eigenvalue weighted by Gasteiger charge is 2.47. The molecule has 1 aliphatic heterocycles. The van der Waals surface area contributed by atoms with E-state index in [4.69, 9.17) is 5.11 Å². The molecule has 1 fully saturated rings. The zero-order chi connectivity index (χ0) is 22.1. The smallest absolute Gasteiger partial charge is 0.307 e. The van der Waals surface area contributed by atoms with Crippen molar-refractivity contribution in [1.29, 1.82) is 0 Å². The molecule has 1 aromatic heterocycles. The molecule has 0 radical (unpaired) electrons. The minimum absolute atomic E-state index is 0.0383. The van der Waals surface area contributed by atoms with Gasteiger partial charge in [0.2, 0.25) is 0 Å². The number of carboxylic acid groups (broad SMARTS) is 1. The molecular formula is C24H19NO5S. The first-order valence-electron chi connectivity index (χ1n) is 9.59. The lowest BCUT2D eigenvalue weighted by Gasteiger charge is -2.25. The molecule has 3 aromatic rings. The molecule has 156 valence electrons. The summed E-state index contributed by atoms with van der Waals surface area (Å²) in [6.07, 6.45) is -0.138. The van der Waals surface area contributed by atoms with Gasteiger partial charge in [-0.1, -0.05) is 42.5 Å². The first kappa shape index (κ1) is 20.6. The Balaban J connectivity index is 1.87. The van der Waals surface area contributed by atoms with Crippen molar-refractivity contribution < 1.29 is 24.6 Å². The van der Waals surface area contributed by atoms with E-state index < -0.39 is 23.7 Å². The highest BCUT2D eigenvalue weighted by Crippen LogP contribution is 2.44. The molecule has 2 heterocycles. The van der Waals surface area contributed by atoms with Crippen molar-refractivity contribution in [1.82, 2.24) is 0 Å². The number of aliphatic carboxylic acids is 1. The fourth-order valence-electron chi connectivity index (χ4n) is 3.71. The van der Waals surface area contributed by atoms with Gasteiger partial charge in [-0.3, -0.25) is 19.3 Å². The molecule has 7 heteroatoms. The molecule has 0 spiro atoms. The van der Waals surface area contributed by atoms with E-state index in [0.29, 0.717) is 16.8 Å². The number of carbonyl (C=O) groups is 3. The van der Waals surface area contributed by atoms with Crippen molar-refractivity contribution in [2.24, 2.45) is 0 Å². The van der Waals surface area contributed by atoms with Gasteiger partial charge in [0, 0.05) is 16.1 Å². The fraction of sp³-hybridized carbons (Fsp3) is 0.125. The number of rotatable bonds is 5. The van der Waals surface area contributed by atoms with Crippen molar-refractivity contribution in [2.75, 3.05) is 4.90 Å². The highest BCUT2D eigenvalue weighted by molar-refractivity contribution is 7.10. The number of benzene rings is 2. The number of Topliss-reactive ketones (excluding diaryl/α,β-unsaturated/α-hetero) is 1. The molecule has 31 heavy (non-hydrogen) atoms. The number of aliphatic hydroxyl groups excluding tert-OH is 1. The number of thiophene rings is 1. The van der Waals surface area contributed by atoms with Crippen LogP contribution in [0.25, 0.3) is 5.76 Å². The van der Waals surface area contributed by atoms with Crippen LogP contribution in [-0.4, -0.2) is 27.9 Å². The summed E-state index contributed by atoms with van der Waals surface area (Å²) in [6, 6.07) is 16.3. The Morgan fingerprint density at radius 2 is 1.68 bits per heavy atom. The fourth-order valence-corrected chi connectivity index (χ4v) is 4.74. The monoisotopic (exact) mass is 433 g/mol. The SMILES string of the molecule is Cc1ccsc1C1/C(=C(\O)c2ccccc2)C(=O)C(=O)N1c1ccc(CC(=O)O)cc1.